The number of hydrogen-bond acceptors (Lipinski definition) is 4. The molecule has 0 amide bonds. The van der Waals surface area contributed by atoms with Crippen LogP contribution in [0.2, 0.25) is 0 Å². The normalized spacial score (nSPS) is 15.3. The Labute approximate surface area is 104 Å². The van der Waals surface area contributed by atoms with Gasteiger partial charge in [0, 0.05) is 11.7 Å². The lowest BCUT2D eigenvalue weighted by Crippen LogP contribution is -2.11. The Kier molecular flexibility index (Phi) is 3.86. The molecule has 0 spiro atoms. The summed E-state index contributed by atoms with van der Waals surface area (Å²) in [7, 11) is 0. The Morgan fingerprint density at radius 1 is 1.62 bits per heavy atom. The summed E-state index contributed by atoms with van der Waals surface area (Å²) in [5, 5.41) is 8.70. The second-order valence-electron chi connectivity index (χ2n) is 4.06. The Morgan fingerprint density at radius 2 is 2.38 bits per heavy atom. The maximum Gasteiger partial charge on any atom is 0.135 e. The van der Waals surface area contributed by atoms with E-state index in [4.69, 9.17) is 11.1 Å². The average molecular weight is 255 g/mol. The number of nitrogens with one attached hydrogen (secondary N) is 1. The van der Waals surface area contributed by atoms with E-state index in [0.29, 0.717) is 5.92 Å². The molecule has 0 saturated heterocycles. The molecule has 0 aliphatic heterocycles. The van der Waals surface area contributed by atoms with Gasteiger partial charge < -0.3 is 5.73 Å². The number of thiazole rings is 1. The number of aromatic nitrogens is 1. The highest BCUT2D eigenvalue weighted by molar-refractivity contribution is 7.98. The van der Waals surface area contributed by atoms with E-state index in [9.17, 15) is 0 Å². The molecule has 3 N–H and O–H groups in total. The van der Waals surface area contributed by atoms with Crippen molar-refractivity contribution in [3.63, 3.8) is 0 Å². The monoisotopic (exact) mass is 255 g/mol. The predicted octanol–water partition coefficient (Wildman–Crippen LogP) is 2.95. The first-order valence-corrected chi connectivity index (χ1v) is 7.61. The third kappa shape index (κ3) is 2.77. The quantitative estimate of drug-likeness (QED) is 0.467. The predicted molar refractivity (Wildman–Crippen MR) is 71.6 cm³/mol. The van der Waals surface area contributed by atoms with E-state index >= 15 is 0 Å². The number of nitrogens with two attached hydrogens (primary N) is 1. The molecule has 5 heteroatoms. The molecular weight excluding hydrogens is 238 g/mol. The molecule has 1 heterocycles. The van der Waals surface area contributed by atoms with Crippen LogP contribution in [0, 0.1) is 5.41 Å². The highest BCUT2D eigenvalue weighted by atomic mass is 32.2. The summed E-state index contributed by atoms with van der Waals surface area (Å²) >= 11 is 3.51. The molecule has 1 fully saturated rings. The molecular formula is C11H17N3S2. The molecule has 0 bridgehead atoms. The summed E-state index contributed by atoms with van der Waals surface area (Å²) < 4.78 is 0. The van der Waals surface area contributed by atoms with Crippen molar-refractivity contribution >= 4 is 28.9 Å². The number of nitrogen functional groups attached to an aromatic ring is 1. The number of nitrogens with zero attached hydrogens (tertiary/aromatic N) is 1. The van der Waals surface area contributed by atoms with Crippen molar-refractivity contribution in [2.24, 2.45) is 5.73 Å². The van der Waals surface area contributed by atoms with Crippen molar-refractivity contribution in [2.75, 3.05) is 5.75 Å². The van der Waals surface area contributed by atoms with Crippen LogP contribution < -0.4 is 5.73 Å². The number of amidine groups is 1. The zero-order valence-electron chi connectivity index (χ0n) is 9.45. The van der Waals surface area contributed by atoms with Gasteiger partial charge in [-0.25, -0.2) is 4.98 Å². The molecule has 1 aromatic rings. The van der Waals surface area contributed by atoms with Crippen LogP contribution in [0.1, 0.15) is 47.7 Å². The molecule has 0 unspecified atom stereocenters. The van der Waals surface area contributed by atoms with Crippen LogP contribution in [0.5, 0.6) is 0 Å². The van der Waals surface area contributed by atoms with E-state index in [2.05, 4.69) is 11.9 Å². The SMILES string of the molecule is CCCSCc1nc(C2CC2)c(C(=N)N)s1. The van der Waals surface area contributed by atoms with Gasteiger partial charge in [-0.05, 0) is 25.0 Å². The summed E-state index contributed by atoms with van der Waals surface area (Å²) in [6.45, 7) is 2.19. The lowest BCUT2D eigenvalue weighted by Gasteiger charge is -1.95. The van der Waals surface area contributed by atoms with Crippen LogP contribution in [0.3, 0.4) is 0 Å². The number of rotatable bonds is 6. The Bertz CT molecular complexity index is 383. The van der Waals surface area contributed by atoms with Gasteiger partial charge in [0.1, 0.15) is 10.8 Å². The smallest absolute Gasteiger partial charge is 0.135 e. The highest BCUT2D eigenvalue weighted by Gasteiger charge is 2.30. The fourth-order valence-corrected chi connectivity index (χ4v) is 3.53. The van der Waals surface area contributed by atoms with Crippen LogP contribution in [0.25, 0.3) is 0 Å². The van der Waals surface area contributed by atoms with Crippen LogP contribution in [-0.2, 0) is 5.75 Å². The van der Waals surface area contributed by atoms with Crippen LogP contribution in [-0.4, -0.2) is 16.6 Å². The Hall–Kier alpha value is -0.550. The van der Waals surface area contributed by atoms with Gasteiger partial charge in [0.15, 0.2) is 0 Å². The van der Waals surface area contributed by atoms with Crippen molar-refractivity contribution in [2.45, 2.75) is 37.9 Å². The summed E-state index contributed by atoms with van der Waals surface area (Å²) in [6.07, 6.45) is 3.63. The van der Waals surface area contributed by atoms with E-state index in [1.54, 1.807) is 11.3 Å². The van der Waals surface area contributed by atoms with E-state index < -0.39 is 0 Å². The molecule has 0 aromatic carbocycles. The molecule has 0 atom stereocenters. The summed E-state index contributed by atoms with van der Waals surface area (Å²) in [5.74, 6) is 2.91. The van der Waals surface area contributed by atoms with Crippen molar-refractivity contribution < 1.29 is 0 Å². The minimum atomic E-state index is 0.186. The van der Waals surface area contributed by atoms with Crippen LogP contribution in [0.15, 0.2) is 0 Å². The molecule has 0 radical (unpaired) electrons. The van der Waals surface area contributed by atoms with Gasteiger partial charge in [-0.2, -0.15) is 11.8 Å². The third-order valence-corrected chi connectivity index (χ3v) is 4.94. The first kappa shape index (κ1) is 11.9. The Morgan fingerprint density at radius 3 is 2.94 bits per heavy atom. The number of thioether (sulfide) groups is 1. The van der Waals surface area contributed by atoms with Gasteiger partial charge in [-0.3, -0.25) is 5.41 Å². The van der Waals surface area contributed by atoms with E-state index in [-0.39, 0.29) is 5.84 Å². The van der Waals surface area contributed by atoms with E-state index in [1.165, 1.54) is 25.0 Å². The fraction of sp³-hybridized carbons (Fsp3) is 0.636. The molecule has 3 nitrogen and oxygen atoms in total. The Balaban J connectivity index is 2.08. The molecule has 1 aliphatic carbocycles. The van der Waals surface area contributed by atoms with Crippen LogP contribution in [0.4, 0.5) is 0 Å². The highest BCUT2D eigenvalue weighted by Crippen LogP contribution is 2.42. The molecule has 1 saturated carbocycles. The first-order valence-electron chi connectivity index (χ1n) is 5.64. The van der Waals surface area contributed by atoms with Gasteiger partial charge in [0.05, 0.1) is 10.6 Å². The van der Waals surface area contributed by atoms with Crippen molar-refractivity contribution in [3.8, 4) is 0 Å². The molecule has 1 aliphatic rings. The largest absolute Gasteiger partial charge is 0.383 e. The third-order valence-electron chi connectivity index (χ3n) is 2.48. The van der Waals surface area contributed by atoms with Gasteiger partial charge in [-0.1, -0.05) is 6.92 Å². The molecule has 88 valence electrons. The van der Waals surface area contributed by atoms with Crippen molar-refractivity contribution in [3.05, 3.63) is 15.6 Å². The van der Waals surface area contributed by atoms with Crippen molar-refractivity contribution in [1.82, 2.24) is 4.98 Å². The van der Waals surface area contributed by atoms with E-state index in [0.717, 1.165) is 21.3 Å². The average Bonchev–Trinajstić information content (AvgIpc) is 3.00. The van der Waals surface area contributed by atoms with Gasteiger partial charge in [-0.15, -0.1) is 11.3 Å². The van der Waals surface area contributed by atoms with Crippen molar-refractivity contribution in [1.29, 1.82) is 5.41 Å². The maximum absolute atomic E-state index is 7.57. The van der Waals surface area contributed by atoms with E-state index in [1.807, 2.05) is 11.8 Å². The lowest BCUT2D eigenvalue weighted by atomic mass is 10.2. The summed E-state index contributed by atoms with van der Waals surface area (Å²) in [4.78, 5) is 5.55. The summed E-state index contributed by atoms with van der Waals surface area (Å²) in [5.41, 5.74) is 6.68. The molecule has 16 heavy (non-hydrogen) atoms. The minimum absolute atomic E-state index is 0.186. The fourth-order valence-electron chi connectivity index (χ4n) is 1.57. The van der Waals surface area contributed by atoms with Gasteiger partial charge in [0.25, 0.3) is 0 Å². The zero-order valence-corrected chi connectivity index (χ0v) is 11.1. The maximum atomic E-state index is 7.57. The van der Waals surface area contributed by atoms with Gasteiger partial charge in [0.2, 0.25) is 0 Å². The van der Waals surface area contributed by atoms with Crippen LogP contribution >= 0.6 is 23.1 Å². The lowest BCUT2D eigenvalue weighted by molar-refractivity contribution is 1.02. The minimum Gasteiger partial charge on any atom is -0.383 e. The first-order chi connectivity index (χ1) is 7.72. The topological polar surface area (TPSA) is 62.8 Å². The molecule has 1 aromatic heterocycles. The summed E-state index contributed by atoms with van der Waals surface area (Å²) in [6, 6.07) is 0. The zero-order chi connectivity index (χ0) is 11.5. The number of hydrogen-bond donors (Lipinski definition) is 2. The van der Waals surface area contributed by atoms with Gasteiger partial charge >= 0.3 is 0 Å². The second kappa shape index (κ2) is 5.19. The second-order valence-corrected chi connectivity index (χ2v) is 6.25. The molecule has 2 rings (SSSR count). The standard InChI is InChI=1S/C11H17N3S2/c1-2-5-15-6-8-14-9(7-3-4-7)10(16-8)11(12)13/h7H,2-6H2,1H3,(H3,12,13).